The largest absolute Gasteiger partial charge is 0.444 e. The number of nitrogens with zero attached hydrogens (tertiary/aromatic N) is 5. The van der Waals surface area contributed by atoms with E-state index in [9.17, 15) is 19.6 Å². The Labute approximate surface area is 214 Å². The van der Waals surface area contributed by atoms with Crippen LogP contribution in [0, 0.1) is 0 Å². The Hall–Kier alpha value is -3.42. The predicted molar refractivity (Wildman–Crippen MR) is 128 cm³/mol. The molecule has 2 aliphatic heterocycles. The van der Waals surface area contributed by atoms with Gasteiger partial charge in [-0.3, -0.25) is 15.8 Å². The van der Waals surface area contributed by atoms with E-state index in [1.54, 1.807) is 41.5 Å². The summed E-state index contributed by atoms with van der Waals surface area (Å²) in [6, 6.07) is -1.09. The van der Waals surface area contributed by atoms with Gasteiger partial charge in [0.25, 0.3) is 0 Å². The highest BCUT2D eigenvalue weighted by Crippen LogP contribution is 2.43. The molecule has 2 saturated heterocycles. The first-order chi connectivity index (χ1) is 17.1. The molecule has 0 spiro atoms. The first-order valence-electron chi connectivity index (χ1n) is 12.3. The second-order valence-electron chi connectivity index (χ2n) is 11.7. The van der Waals surface area contributed by atoms with Gasteiger partial charge in [0.05, 0.1) is 18.0 Å². The molecule has 1 saturated carbocycles. The first kappa shape index (κ1) is 26.6. The van der Waals surface area contributed by atoms with E-state index in [0.717, 1.165) is 5.06 Å². The zero-order chi connectivity index (χ0) is 27.2. The van der Waals surface area contributed by atoms with Crippen LogP contribution >= 0.6 is 0 Å². The van der Waals surface area contributed by atoms with Gasteiger partial charge in [0.2, 0.25) is 17.7 Å². The van der Waals surface area contributed by atoms with Crippen molar-refractivity contribution in [1.82, 2.24) is 30.8 Å². The Balaban J connectivity index is 1.47. The number of urea groups is 1. The Morgan fingerprint density at radius 3 is 2.22 bits per heavy atom. The van der Waals surface area contributed by atoms with Crippen LogP contribution in [0.2, 0.25) is 0 Å². The molecule has 1 aliphatic carbocycles. The van der Waals surface area contributed by atoms with Crippen molar-refractivity contribution in [2.45, 2.75) is 102 Å². The number of carbonyl (C=O) groups is 3. The number of aromatic nitrogens is 2. The number of hydroxylamine groups is 2. The van der Waals surface area contributed by atoms with Crippen LogP contribution in [-0.2, 0) is 15.9 Å². The molecule has 3 aliphatic rings. The fraction of sp³-hybridized carbons (Fsp3) is 0.739. The van der Waals surface area contributed by atoms with Crippen molar-refractivity contribution in [3.05, 3.63) is 11.8 Å². The molecule has 3 heterocycles. The molecule has 3 N–H and O–H groups in total. The van der Waals surface area contributed by atoms with Gasteiger partial charge < -0.3 is 18.8 Å². The minimum absolute atomic E-state index is 0.107. The topological polar surface area (TPSA) is 172 Å². The van der Waals surface area contributed by atoms with E-state index in [0.29, 0.717) is 44.0 Å². The summed E-state index contributed by atoms with van der Waals surface area (Å²) in [6.07, 6.45) is 1.27. The monoisotopic (exact) mass is 521 g/mol. The zero-order valence-corrected chi connectivity index (χ0v) is 22.0. The molecule has 2 bridgehead atoms. The summed E-state index contributed by atoms with van der Waals surface area (Å²) in [4.78, 5) is 43.2. The minimum Gasteiger partial charge on any atom is -0.444 e. The quantitative estimate of drug-likeness (QED) is 0.306. The SMILES string of the molecule is CC(C)(C)OC(=O)NC(=NC1(Cc2nnc(C3CCC4CN3C(=O)N4O)o2)CC1)NC(=O)OC(C)(C)C. The van der Waals surface area contributed by atoms with Gasteiger partial charge in [-0.15, -0.1) is 10.2 Å². The molecule has 37 heavy (non-hydrogen) atoms. The van der Waals surface area contributed by atoms with Crippen LogP contribution in [0.15, 0.2) is 9.41 Å². The van der Waals surface area contributed by atoms with E-state index >= 15 is 0 Å². The van der Waals surface area contributed by atoms with E-state index in [2.05, 4.69) is 25.8 Å². The third kappa shape index (κ3) is 6.67. The van der Waals surface area contributed by atoms with Crippen LogP contribution in [0.4, 0.5) is 14.4 Å². The molecule has 204 valence electrons. The second kappa shape index (κ2) is 9.47. The number of hydrogen-bond donors (Lipinski definition) is 3. The maximum atomic E-state index is 12.4. The van der Waals surface area contributed by atoms with Crippen molar-refractivity contribution in [3.8, 4) is 0 Å². The lowest BCUT2D eigenvalue weighted by Crippen LogP contribution is -2.48. The summed E-state index contributed by atoms with van der Waals surface area (Å²) in [7, 11) is 0. The third-order valence-electron chi connectivity index (χ3n) is 6.01. The predicted octanol–water partition coefficient (Wildman–Crippen LogP) is 2.88. The normalized spacial score (nSPS) is 22.4. The highest BCUT2D eigenvalue weighted by Gasteiger charge is 2.48. The maximum absolute atomic E-state index is 12.4. The third-order valence-corrected chi connectivity index (χ3v) is 6.01. The Kier molecular flexibility index (Phi) is 6.82. The Morgan fingerprint density at radius 2 is 1.68 bits per heavy atom. The number of ether oxygens (including phenoxy) is 2. The summed E-state index contributed by atoms with van der Waals surface area (Å²) in [6.45, 7) is 10.7. The molecule has 14 nitrogen and oxygen atoms in total. The summed E-state index contributed by atoms with van der Waals surface area (Å²) in [5.74, 6) is 0.514. The minimum atomic E-state index is -0.776. The average Bonchev–Trinajstić information content (AvgIpc) is 3.26. The number of rotatable bonds is 4. The van der Waals surface area contributed by atoms with E-state index in [4.69, 9.17) is 13.9 Å². The van der Waals surface area contributed by atoms with Crippen molar-refractivity contribution in [2.24, 2.45) is 4.99 Å². The van der Waals surface area contributed by atoms with Gasteiger partial charge in [0.15, 0.2) is 0 Å². The number of nitrogens with one attached hydrogen (secondary N) is 2. The number of fused-ring (bicyclic) bond motifs is 2. The van der Waals surface area contributed by atoms with Crippen LogP contribution in [0.5, 0.6) is 0 Å². The lowest BCUT2D eigenvalue weighted by molar-refractivity contribution is -0.0584. The van der Waals surface area contributed by atoms with E-state index in [-0.39, 0.29) is 18.4 Å². The van der Waals surface area contributed by atoms with Crippen LogP contribution in [0.25, 0.3) is 0 Å². The van der Waals surface area contributed by atoms with Gasteiger partial charge in [-0.2, -0.15) is 0 Å². The van der Waals surface area contributed by atoms with E-state index < -0.39 is 41.0 Å². The number of carbonyl (C=O) groups excluding carboxylic acids is 3. The van der Waals surface area contributed by atoms with Crippen molar-refractivity contribution in [3.63, 3.8) is 0 Å². The van der Waals surface area contributed by atoms with Crippen LogP contribution in [-0.4, -0.2) is 78.9 Å². The highest BCUT2D eigenvalue weighted by atomic mass is 16.6. The zero-order valence-electron chi connectivity index (χ0n) is 22.0. The molecule has 1 aromatic heterocycles. The van der Waals surface area contributed by atoms with Crippen molar-refractivity contribution in [2.75, 3.05) is 6.54 Å². The van der Waals surface area contributed by atoms with E-state index in [1.807, 2.05) is 0 Å². The van der Waals surface area contributed by atoms with Gasteiger partial charge in [0, 0.05) is 6.54 Å². The molecule has 1 aromatic rings. The number of amides is 4. The number of alkyl carbamates (subject to hydrolysis) is 2. The molecule has 2 unspecified atom stereocenters. The van der Waals surface area contributed by atoms with E-state index in [1.165, 1.54) is 4.90 Å². The van der Waals surface area contributed by atoms with Gasteiger partial charge >= 0.3 is 18.2 Å². The summed E-state index contributed by atoms with van der Waals surface area (Å²) < 4.78 is 16.5. The number of aliphatic imine (C=N–C) groups is 1. The Morgan fingerprint density at radius 1 is 1.08 bits per heavy atom. The molecule has 4 amide bonds. The lowest BCUT2D eigenvalue weighted by Gasteiger charge is -2.27. The molecule has 0 radical (unpaired) electrons. The smallest absolute Gasteiger partial charge is 0.414 e. The lowest BCUT2D eigenvalue weighted by atomic mass is 10.0. The summed E-state index contributed by atoms with van der Waals surface area (Å²) in [5, 5.41) is 24.0. The molecular weight excluding hydrogens is 486 g/mol. The Bertz CT molecular complexity index is 1050. The molecule has 4 rings (SSSR count). The number of piperidine rings is 1. The van der Waals surface area contributed by atoms with Crippen molar-refractivity contribution < 1.29 is 33.5 Å². The molecular formula is C23H35N7O7. The summed E-state index contributed by atoms with van der Waals surface area (Å²) in [5.41, 5.74) is -2.17. The van der Waals surface area contributed by atoms with Gasteiger partial charge in [-0.25, -0.2) is 24.4 Å². The number of guanidine groups is 1. The number of hydrogen-bond acceptors (Lipinski definition) is 10. The van der Waals surface area contributed by atoms with Gasteiger partial charge in [0.1, 0.15) is 17.2 Å². The fourth-order valence-corrected chi connectivity index (χ4v) is 4.26. The van der Waals surface area contributed by atoms with Crippen LogP contribution in [0.3, 0.4) is 0 Å². The van der Waals surface area contributed by atoms with Gasteiger partial charge in [-0.1, -0.05) is 0 Å². The molecule has 3 fully saturated rings. The highest BCUT2D eigenvalue weighted by molar-refractivity contribution is 6.01. The maximum Gasteiger partial charge on any atom is 0.414 e. The fourth-order valence-electron chi connectivity index (χ4n) is 4.26. The van der Waals surface area contributed by atoms with Crippen LogP contribution in [0.1, 0.15) is 85.0 Å². The van der Waals surface area contributed by atoms with Gasteiger partial charge in [-0.05, 0) is 67.2 Å². The van der Waals surface area contributed by atoms with Crippen molar-refractivity contribution in [1.29, 1.82) is 0 Å². The van der Waals surface area contributed by atoms with Crippen LogP contribution < -0.4 is 10.6 Å². The standard InChI is InChI=1S/C23H35N7O7/c1-21(2,3)36-18(31)24-17(25-19(32)37-22(4,5)6)26-23(9-10-23)11-15-27-28-16(35-15)14-8-7-13-12-29(14)20(33)30(13)34/h13-14,34H,7-12H2,1-6H3,(H2,24,25,26,31,32). The molecule has 0 aromatic carbocycles. The molecule has 2 atom stereocenters. The average molecular weight is 522 g/mol. The van der Waals surface area contributed by atoms with Crippen molar-refractivity contribution >= 4 is 24.2 Å². The summed E-state index contributed by atoms with van der Waals surface area (Å²) >= 11 is 0. The first-order valence-corrected chi connectivity index (χ1v) is 12.3. The molecule has 14 heteroatoms. The second-order valence-corrected chi connectivity index (χ2v) is 11.7.